The second-order valence-electron chi connectivity index (χ2n) is 9.56. The number of hydrogen-bond acceptors (Lipinski definition) is 4. The number of hydrogen-bond donors (Lipinski definition) is 2. The third-order valence-electron chi connectivity index (χ3n) is 6.29. The highest BCUT2D eigenvalue weighted by Gasteiger charge is 2.57. The van der Waals surface area contributed by atoms with Gasteiger partial charge in [-0.2, -0.15) is 0 Å². The third-order valence-corrected chi connectivity index (χ3v) is 6.29. The van der Waals surface area contributed by atoms with Crippen molar-refractivity contribution in [3.05, 3.63) is 0 Å². The van der Waals surface area contributed by atoms with Gasteiger partial charge in [0.05, 0.1) is 0 Å². The van der Waals surface area contributed by atoms with Crippen molar-refractivity contribution in [2.75, 3.05) is 6.54 Å². The highest BCUT2D eigenvalue weighted by atomic mass is 16.6. The van der Waals surface area contributed by atoms with Gasteiger partial charge >= 0.3 is 6.09 Å². The van der Waals surface area contributed by atoms with Gasteiger partial charge in [0.15, 0.2) is 0 Å². The summed E-state index contributed by atoms with van der Waals surface area (Å²) in [6.45, 7) is 8.38. The summed E-state index contributed by atoms with van der Waals surface area (Å²) in [5, 5.41) is 2.76. The van der Waals surface area contributed by atoms with Crippen molar-refractivity contribution >= 4 is 17.9 Å². The van der Waals surface area contributed by atoms with E-state index in [-0.39, 0.29) is 12.0 Å². The van der Waals surface area contributed by atoms with Crippen LogP contribution in [0.5, 0.6) is 0 Å². The molecule has 146 valence electrons. The van der Waals surface area contributed by atoms with E-state index in [1.54, 1.807) is 0 Å². The molecule has 1 heterocycles. The van der Waals surface area contributed by atoms with Gasteiger partial charge in [0.25, 0.3) is 0 Å². The van der Waals surface area contributed by atoms with Crippen molar-refractivity contribution in [3.8, 4) is 0 Å². The minimum atomic E-state index is -0.763. The zero-order valence-corrected chi connectivity index (χ0v) is 16.2. The molecule has 0 unspecified atom stereocenters. The van der Waals surface area contributed by atoms with Crippen LogP contribution in [0.25, 0.3) is 0 Å². The Hall–Kier alpha value is -1.79. The van der Waals surface area contributed by atoms with Crippen molar-refractivity contribution in [3.63, 3.8) is 0 Å². The number of carbonyl (C=O) groups is 3. The first-order valence-electron chi connectivity index (χ1n) is 9.58. The summed E-state index contributed by atoms with van der Waals surface area (Å²) in [6, 6.07) is -1.35. The van der Waals surface area contributed by atoms with Crippen molar-refractivity contribution in [1.82, 2.24) is 10.2 Å². The molecular weight excluding hydrogens is 334 g/mol. The highest BCUT2D eigenvalue weighted by Crippen LogP contribution is 2.63. The van der Waals surface area contributed by atoms with Gasteiger partial charge < -0.3 is 20.7 Å². The zero-order chi connectivity index (χ0) is 19.3. The minimum absolute atomic E-state index is 0.0698. The van der Waals surface area contributed by atoms with Gasteiger partial charge in [-0.3, -0.25) is 9.59 Å². The number of alkyl carbamates (subject to hydrolysis) is 1. The molecule has 7 heteroatoms. The predicted octanol–water partition coefficient (Wildman–Crippen LogP) is 1.79. The van der Waals surface area contributed by atoms with Crippen molar-refractivity contribution < 1.29 is 19.1 Å². The largest absolute Gasteiger partial charge is 0.446 e. The van der Waals surface area contributed by atoms with Crippen LogP contribution in [0.3, 0.4) is 0 Å². The van der Waals surface area contributed by atoms with Gasteiger partial charge in [-0.1, -0.05) is 27.7 Å². The Morgan fingerprint density at radius 3 is 2.50 bits per heavy atom. The molecule has 2 saturated carbocycles. The molecule has 0 radical (unpaired) electrons. The SMILES string of the molecule is CC(C)(C)[C@H](NC(=O)O[C@@H]1C[C@@H]2C[C@]2(C)C1)C(=O)N1CCC[C@H]1C(N)=O. The van der Waals surface area contributed by atoms with E-state index in [2.05, 4.69) is 12.2 Å². The molecule has 2 aliphatic carbocycles. The molecule has 7 nitrogen and oxygen atoms in total. The van der Waals surface area contributed by atoms with Gasteiger partial charge in [0.2, 0.25) is 11.8 Å². The summed E-state index contributed by atoms with van der Waals surface area (Å²) < 4.78 is 5.58. The molecule has 3 rings (SSSR count). The predicted molar refractivity (Wildman–Crippen MR) is 96.0 cm³/mol. The molecule has 3 fully saturated rings. The Labute approximate surface area is 155 Å². The number of carbonyl (C=O) groups excluding carboxylic acids is 3. The van der Waals surface area contributed by atoms with Crippen LogP contribution in [0.2, 0.25) is 0 Å². The first-order valence-corrected chi connectivity index (χ1v) is 9.58. The molecule has 1 saturated heterocycles. The summed E-state index contributed by atoms with van der Waals surface area (Å²) in [5.74, 6) is -0.0947. The highest BCUT2D eigenvalue weighted by molar-refractivity contribution is 5.91. The van der Waals surface area contributed by atoms with Crippen LogP contribution < -0.4 is 11.1 Å². The summed E-state index contributed by atoms with van der Waals surface area (Å²) in [5.41, 5.74) is 5.26. The number of amides is 3. The molecular formula is C19H31N3O4. The van der Waals surface area contributed by atoms with Crippen LogP contribution in [0.4, 0.5) is 4.79 Å². The van der Waals surface area contributed by atoms with E-state index in [4.69, 9.17) is 10.5 Å². The van der Waals surface area contributed by atoms with Gasteiger partial charge in [-0.25, -0.2) is 4.79 Å². The first kappa shape index (κ1) is 19.0. The van der Waals surface area contributed by atoms with E-state index < -0.39 is 29.5 Å². The van der Waals surface area contributed by atoms with E-state index in [9.17, 15) is 14.4 Å². The molecule has 0 aromatic heterocycles. The number of ether oxygens (including phenoxy) is 1. The Balaban J connectivity index is 1.63. The maximum absolute atomic E-state index is 13.0. The summed E-state index contributed by atoms with van der Waals surface area (Å²) >= 11 is 0. The summed E-state index contributed by atoms with van der Waals surface area (Å²) in [7, 11) is 0. The standard InChI is InChI=1S/C19H31N3O4/c1-18(2,3)14(16(24)22-7-5-6-13(22)15(20)23)21-17(25)26-12-8-11-9-19(11,4)10-12/h11-14H,5-10H2,1-4H3,(H2,20,23)(H,21,25)/t11-,12-,13+,14-,19-/m1/s1. The van der Waals surface area contributed by atoms with Crippen molar-refractivity contribution in [1.29, 1.82) is 0 Å². The van der Waals surface area contributed by atoms with E-state index in [0.717, 1.165) is 19.3 Å². The number of rotatable bonds is 4. The lowest BCUT2D eigenvalue weighted by Gasteiger charge is -2.35. The molecule has 3 amide bonds. The quantitative estimate of drug-likeness (QED) is 0.793. The normalized spacial score (nSPS) is 34.2. The fourth-order valence-corrected chi connectivity index (χ4v) is 4.58. The number of fused-ring (bicyclic) bond motifs is 1. The van der Waals surface area contributed by atoms with E-state index >= 15 is 0 Å². The Bertz CT molecular complexity index is 614. The average molecular weight is 365 g/mol. The number of primary amides is 1. The Kier molecular flexibility index (Phi) is 4.69. The number of likely N-dealkylation sites (tertiary alicyclic amines) is 1. The van der Waals surface area contributed by atoms with Gasteiger partial charge in [-0.05, 0) is 48.9 Å². The van der Waals surface area contributed by atoms with Crippen LogP contribution in [-0.2, 0) is 14.3 Å². The van der Waals surface area contributed by atoms with E-state index in [1.807, 2.05) is 20.8 Å². The molecule has 0 aromatic carbocycles. The average Bonchev–Trinajstić information content (AvgIpc) is 2.90. The number of nitrogens with one attached hydrogen (secondary N) is 1. The molecule has 5 atom stereocenters. The molecule has 1 aliphatic heterocycles. The van der Waals surface area contributed by atoms with Gasteiger partial charge in [0, 0.05) is 6.54 Å². The molecule has 0 bridgehead atoms. The summed E-state index contributed by atoms with van der Waals surface area (Å²) in [4.78, 5) is 38.6. The van der Waals surface area contributed by atoms with E-state index in [0.29, 0.717) is 24.3 Å². The molecule has 0 aromatic rings. The fraction of sp³-hybridized carbons (Fsp3) is 0.842. The maximum Gasteiger partial charge on any atom is 0.408 e. The molecule has 0 spiro atoms. The second kappa shape index (κ2) is 6.43. The lowest BCUT2D eigenvalue weighted by atomic mass is 9.85. The van der Waals surface area contributed by atoms with Crippen LogP contribution in [-0.4, -0.2) is 47.5 Å². The van der Waals surface area contributed by atoms with Crippen molar-refractivity contribution in [2.45, 2.75) is 78.0 Å². The third kappa shape index (κ3) is 3.67. The van der Waals surface area contributed by atoms with Crippen LogP contribution in [0, 0.1) is 16.7 Å². The van der Waals surface area contributed by atoms with E-state index in [1.165, 1.54) is 11.3 Å². The Morgan fingerprint density at radius 2 is 1.96 bits per heavy atom. The molecule has 3 aliphatic rings. The van der Waals surface area contributed by atoms with Gasteiger partial charge in [-0.15, -0.1) is 0 Å². The minimum Gasteiger partial charge on any atom is -0.446 e. The fourth-order valence-electron chi connectivity index (χ4n) is 4.58. The monoisotopic (exact) mass is 365 g/mol. The van der Waals surface area contributed by atoms with Crippen molar-refractivity contribution in [2.24, 2.45) is 22.5 Å². The topological polar surface area (TPSA) is 102 Å². The van der Waals surface area contributed by atoms with Gasteiger partial charge in [0.1, 0.15) is 18.2 Å². The van der Waals surface area contributed by atoms with Crippen LogP contribution >= 0.6 is 0 Å². The first-order chi connectivity index (χ1) is 12.0. The van der Waals surface area contributed by atoms with Crippen LogP contribution in [0.15, 0.2) is 0 Å². The second-order valence-corrected chi connectivity index (χ2v) is 9.56. The maximum atomic E-state index is 13.0. The number of nitrogens with zero attached hydrogens (tertiary/aromatic N) is 1. The molecule has 3 N–H and O–H groups in total. The lowest BCUT2D eigenvalue weighted by Crippen LogP contribution is -2.57. The summed E-state index contributed by atoms with van der Waals surface area (Å²) in [6.07, 6.45) is 3.72. The molecule has 26 heavy (non-hydrogen) atoms. The smallest absolute Gasteiger partial charge is 0.408 e. The zero-order valence-electron chi connectivity index (χ0n) is 16.2. The number of nitrogens with two attached hydrogens (primary N) is 1. The van der Waals surface area contributed by atoms with Crippen LogP contribution in [0.1, 0.15) is 59.8 Å². The Morgan fingerprint density at radius 1 is 1.27 bits per heavy atom. The lowest BCUT2D eigenvalue weighted by molar-refractivity contribution is -0.141.